The zero-order chi connectivity index (χ0) is 31.3. The van der Waals surface area contributed by atoms with Gasteiger partial charge in [-0.1, -0.05) is 103 Å². The highest BCUT2D eigenvalue weighted by molar-refractivity contribution is 8.00. The van der Waals surface area contributed by atoms with E-state index >= 15 is 0 Å². The Morgan fingerprint density at radius 2 is 1.11 bits per heavy atom. The van der Waals surface area contributed by atoms with Crippen molar-refractivity contribution in [1.29, 1.82) is 0 Å². The monoisotopic (exact) mass is 606 g/mol. The number of nitrogens with zero attached hydrogens (tertiary/aromatic N) is 1. The average molecular weight is 607 g/mol. The predicted molar refractivity (Wildman–Crippen MR) is 171 cm³/mol. The number of benzene rings is 4. The molecule has 0 saturated carbocycles. The first-order valence-electron chi connectivity index (χ1n) is 14.4. The summed E-state index contributed by atoms with van der Waals surface area (Å²) in [5, 5.41) is 2.63. The van der Waals surface area contributed by atoms with Crippen molar-refractivity contribution in [2.45, 2.75) is 37.2 Å². The molecular formula is C36H34N2O5S. The van der Waals surface area contributed by atoms with Crippen LogP contribution in [0.15, 0.2) is 115 Å². The minimum absolute atomic E-state index is 0.0459. The summed E-state index contributed by atoms with van der Waals surface area (Å²) in [5.41, 5.74) is 2.66. The van der Waals surface area contributed by atoms with Gasteiger partial charge in [-0.3, -0.25) is 24.1 Å². The van der Waals surface area contributed by atoms with Crippen molar-refractivity contribution in [2.75, 3.05) is 12.3 Å². The maximum atomic E-state index is 13.9. The van der Waals surface area contributed by atoms with Crippen LogP contribution in [0.3, 0.4) is 0 Å². The lowest BCUT2D eigenvalue weighted by atomic mass is 9.84. The molecular weight excluding hydrogens is 572 g/mol. The molecule has 0 aromatic heterocycles. The Kier molecular flexibility index (Phi) is 9.01. The molecule has 0 aliphatic carbocycles. The van der Waals surface area contributed by atoms with Crippen molar-refractivity contribution in [3.8, 4) is 0 Å². The van der Waals surface area contributed by atoms with Crippen LogP contribution in [0.25, 0.3) is 0 Å². The SMILES string of the molecule is CC(C)(C)OC(=O)CNC(=O)[C@@H](CSC(c1ccccc1)(c1ccccc1)c1ccccc1)N1C(=O)c2ccccc2C1=O. The number of carbonyl (C=O) groups excluding carboxylic acids is 4. The van der Waals surface area contributed by atoms with Gasteiger partial charge in [0.15, 0.2) is 0 Å². The van der Waals surface area contributed by atoms with E-state index in [4.69, 9.17) is 4.74 Å². The molecule has 1 aliphatic heterocycles. The highest BCUT2D eigenvalue weighted by Gasteiger charge is 2.45. The summed E-state index contributed by atoms with van der Waals surface area (Å²) in [6.45, 7) is 4.81. The van der Waals surface area contributed by atoms with Crippen molar-refractivity contribution in [2.24, 2.45) is 0 Å². The highest BCUT2D eigenvalue weighted by Crippen LogP contribution is 2.49. The van der Waals surface area contributed by atoms with E-state index in [1.54, 1.807) is 45.0 Å². The molecule has 1 N–H and O–H groups in total. The van der Waals surface area contributed by atoms with Gasteiger partial charge in [0.2, 0.25) is 5.91 Å². The van der Waals surface area contributed by atoms with Gasteiger partial charge in [0, 0.05) is 5.75 Å². The number of esters is 1. The number of imide groups is 1. The fourth-order valence-corrected chi connectivity index (χ4v) is 7.00. The van der Waals surface area contributed by atoms with Gasteiger partial charge in [-0.2, -0.15) is 0 Å². The summed E-state index contributed by atoms with van der Waals surface area (Å²) in [6, 6.07) is 35.1. The number of hydrogen-bond donors (Lipinski definition) is 1. The Balaban J connectivity index is 1.56. The molecule has 44 heavy (non-hydrogen) atoms. The van der Waals surface area contributed by atoms with Gasteiger partial charge in [-0.25, -0.2) is 0 Å². The minimum Gasteiger partial charge on any atom is -0.459 e. The molecule has 7 nitrogen and oxygen atoms in total. The summed E-state index contributed by atoms with van der Waals surface area (Å²) < 4.78 is 4.57. The number of thioether (sulfide) groups is 1. The Labute approximate surface area is 261 Å². The minimum atomic E-state index is -1.22. The molecule has 8 heteroatoms. The topological polar surface area (TPSA) is 92.8 Å². The molecule has 1 heterocycles. The second-order valence-electron chi connectivity index (χ2n) is 11.4. The van der Waals surface area contributed by atoms with Crippen LogP contribution in [0.4, 0.5) is 0 Å². The molecule has 0 spiro atoms. The molecule has 4 aromatic carbocycles. The lowest BCUT2D eigenvalue weighted by Crippen LogP contribution is -2.52. The molecule has 0 saturated heterocycles. The van der Waals surface area contributed by atoms with Gasteiger partial charge in [-0.05, 0) is 49.6 Å². The van der Waals surface area contributed by atoms with E-state index in [-0.39, 0.29) is 16.9 Å². The maximum Gasteiger partial charge on any atom is 0.325 e. The number of amides is 3. The number of hydrogen-bond acceptors (Lipinski definition) is 6. The van der Waals surface area contributed by atoms with E-state index in [1.165, 1.54) is 11.8 Å². The van der Waals surface area contributed by atoms with E-state index in [1.807, 2.05) is 91.0 Å². The van der Waals surface area contributed by atoms with Crippen molar-refractivity contribution >= 4 is 35.5 Å². The summed E-state index contributed by atoms with van der Waals surface area (Å²) in [6.07, 6.45) is 0. The molecule has 0 unspecified atom stereocenters. The summed E-state index contributed by atoms with van der Waals surface area (Å²) in [7, 11) is 0. The Morgan fingerprint density at radius 1 is 0.705 bits per heavy atom. The lowest BCUT2D eigenvalue weighted by Gasteiger charge is -2.37. The van der Waals surface area contributed by atoms with Crippen LogP contribution in [0, 0.1) is 0 Å². The number of carbonyl (C=O) groups is 4. The van der Waals surface area contributed by atoms with Gasteiger partial charge >= 0.3 is 5.97 Å². The van der Waals surface area contributed by atoms with Crippen LogP contribution in [0.2, 0.25) is 0 Å². The first-order valence-corrected chi connectivity index (χ1v) is 15.4. The van der Waals surface area contributed by atoms with Crippen LogP contribution in [0.5, 0.6) is 0 Å². The third-order valence-electron chi connectivity index (χ3n) is 7.27. The van der Waals surface area contributed by atoms with Crippen LogP contribution in [0.1, 0.15) is 58.2 Å². The lowest BCUT2D eigenvalue weighted by molar-refractivity contribution is -0.154. The number of ether oxygens (including phenoxy) is 1. The molecule has 224 valence electrons. The zero-order valence-corrected chi connectivity index (χ0v) is 25.7. The van der Waals surface area contributed by atoms with Gasteiger partial charge in [0.1, 0.15) is 18.2 Å². The molecule has 3 amide bonds. The van der Waals surface area contributed by atoms with E-state index in [0.717, 1.165) is 21.6 Å². The van der Waals surface area contributed by atoms with Crippen molar-refractivity contribution < 1.29 is 23.9 Å². The van der Waals surface area contributed by atoms with Gasteiger partial charge in [0.05, 0.1) is 15.9 Å². The summed E-state index contributed by atoms with van der Waals surface area (Å²) in [5.74, 6) is -2.29. The standard InChI is InChI=1S/C36H34N2O5S/c1-35(2,3)43-31(39)23-37-32(40)30(38-33(41)28-21-13-14-22-29(28)34(38)42)24-44-36(25-15-7-4-8-16-25,26-17-9-5-10-18-26)27-19-11-6-12-20-27/h4-22,30H,23-24H2,1-3H3,(H,37,40)/t30-/m1/s1. The first-order chi connectivity index (χ1) is 21.1. The highest BCUT2D eigenvalue weighted by atomic mass is 32.2. The van der Waals surface area contributed by atoms with Crippen molar-refractivity contribution in [1.82, 2.24) is 10.2 Å². The molecule has 5 rings (SSSR count). The molecule has 4 aromatic rings. The van der Waals surface area contributed by atoms with E-state index < -0.39 is 46.6 Å². The van der Waals surface area contributed by atoms with Gasteiger partial charge in [0.25, 0.3) is 11.8 Å². The Bertz CT molecular complexity index is 1520. The quantitative estimate of drug-likeness (QED) is 0.139. The van der Waals surface area contributed by atoms with Gasteiger partial charge < -0.3 is 10.1 Å². The van der Waals surface area contributed by atoms with E-state index in [2.05, 4.69) is 5.32 Å². The van der Waals surface area contributed by atoms with Crippen molar-refractivity contribution in [3.63, 3.8) is 0 Å². The Hall–Kier alpha value is -4.69. The fourth-order valence-electron chi connectivity index (χ4n) is 5.39. The van der Waals surface area contributed by atoms with Crippen LogP contribution in [-0.2, 0) is 19.1 Å². The van der Waals surface area contributed by atoms with Crippen LogP contribution >= 0.6 is 11.8 Å². The van der Waals surface area contributed by atoms with E-state index in [9.17, 15) is 19.2 Å². The second-order valence-corrected chi connectivity index (χ2v) is 12.7. The average Bonchev–Trinajstić information content (AvgIpc) is 3.28. The van der Waals surface area contributed by atoms with Crippen LogP contribution in [-0.4, -0.2) is 52.5 Å². The summed E-state index contributed by atoms with van der Waals surface area (Å²) >= 11 is 1.46. The number of fused-ring (bicyclic) bond motifs is 1. The molecule has 1 atom stereocenters. The second kappa shape index (κ2) is 12.9. The number of rotatable bonds is 10. The normalized spacial score (nSPS) is 13.8. The zero-order valence-electron chi connectivity index (χ0n) is 24.9. The van der Waals surface area contributed by atoms with Crippen molar-refractivity contribution in [3.05, 3.63) is 143 Å². The Morgan fingerprint density at radius 3 is 1.52 bits per heavy atom. The predicted octanol–water partition coefficient (Wildman–Crippen LogP) is 5.83. The third-order valence-corrected chi connectivity index (χ3v) is 8.89. The smallest absolute Gasteiger partial charge is 0.325 e. The largest absolute Gasteiger partial charge is 0.459 e. The third kappa shape index (κ3) is 6.31. The first kappa shape index (κ1) is 30.8. The maximum absolute atomic E-state index is 13.9. The number of nitrogens with one attached hydrogen (secondary N) is 1. The van der Waals surface area contributed by atoms with Gasteiger partial charge in [-0.15, -0.1) is 11.8 Å². The molecule has 0 fully saturated rings. The fraction of sp³-hybridized carbons (Fsp3) is 0.222. The molecule has 0 bridgehead atoms. The molecule has 1 aliphatic rings. The molecule has 0 radical (unpaired) electrons. The summed E-state index contributed by atoms with van der Waals surface area (Å²) in [4.78, 5) is 54.7. The van der Waals surface area contributed by atoms with E-state index in [0.29, 0.717) is 0 Å². The van der Waals surface area contributed by atoms with Crippen LogP contribution < -0.4 is 5.32 Å².